The quantitative estimate of drug-likeness (QED) is 0.612. The molecule has 1 rings (SSSR count). The normalized spacial score (nSPS) is 19.2. The molecule has 1 heterocycles. The number of nitrogens with one attached hydrogen (secondary N) is 3. The third-order valence-electron chi connectivity index (χ3n) is 3.09. The van der Waals surface area contributed by atoms with Crippen molar-refractivity contribution in [2.24, 2.45) is 5.41 Å². The van der Waals surface area contributed by atoms with Crippen molar-refractivity contribution in [2.45, 2.75) is 19.8 Å². The molecule has 0 aromatic heterocycles. The van der Waals surface area contributed by atoms with Crippen molar-refractivity contribution >= 4 is 22.6 Å². The number of rotatable bonds is 7. The van der Waals surface area contributed by atoms with E-state index in [0.717, 1.165) is 25.9 Å². The molecule has 0 aromatic rings. The van der Waals surface area contributed by atoms with Crippen molar-refractivity contribution < 1.29 is 13.2 Å². The minimum atomic E-state index is -3.36. The topological polar surface area (TPSA) is 79.5 Å². The second-order valence-electron chi connectivity index (χ2n) is 4.51. The van der Waals surface area contributed by atoms with Crippen molar-refractivity contribution in [1.29, 1.82) is 0 Å². The summed E-state index contributed by atoms with van der Waals surface area (Å²) in [6, 6.07) is 0. The Bertz CT molecular complexity index is 313. The summed E-state index contributed by atoms with van der Waals surface area (Å²) >= 11 is 0. The van der Waals surface area contributed by atoms with Crippen LogP contribution in [0.1, 0.15) is 19.8 Å². The van der Waals surface area contributed by atoms with Gasteiger partial charge in [-0.05, 0) is 25.9 Å². The van der Waals surface area contributed by atoms with Gasteiger partial charge in [0.1, 0.15) is 0 Å². The van der Waals surface area contributed by atoms with Crippen LogP contribution in [0.4, 0.5) is 0 Å². The third-order valence-corrected chi connectivity index (χ3v) is 4.28. The van der Waals surface area contributed by atoms with Gasteiger partial charge in [0.2, 0.25) is 0 Å². The highest BCUT2D eigenvalue weighted by atomic mass is 35.5. The molecule has 0 unspecified atom stereocenters. The van der Waals surface area contributed by atoms with Crippen LogP contribution >= 0.6 is 12.4 Å². The molecule has 1 aliphatic rings. The molecule has 0 radical (unpaired) electrons. The van der Waals surface area contributed by atoms with Gasteiger partial charge in [-0.25, -0.2) is 9.44 Å². The van der Waals surface area contributed by atoms with Gasteiger partial charge < -0.3 is 10.1 Å². The monoisotopic (exact) mass is 301 g/mol. The number of methoxy groups -OCH3 is 1. The van der Waals surface area contributed by atoms with E-state index in [1.807, 2.05) is 0 Å². The molecule has 0 amide bonds. The van der Waals surface area contributed by atoms with Crippen LogP contribution < -0.4 is 14.8 Å². The first-order valence-electron chi connectivity index (χ1n) is 5.97. The zero-order chi connectivity index (χ0) is 12.8. The maximum absolute atomic E-state index is 11.5. The van der Waals surface area contributed by atoms with E-state index >= 15 is 0 Å². The van der Waals surface area contributed by atoms with E-state index in [9.17, 15) is 8.42 Å². The van der Waals surface area contributed by atoms with Gasteiger partial charge in [0.25, 0.3) is 10.2 Å². The Labute approximate surface area is 116 Å². The van der Waals surface area contributed by atoms with Crippen molar-refractivity contribution in [3.63, 3.8) is 0 Å². The Morgan fingerprint density at radius 2 is 1.89 bits per heavy atom. The number of ether oxygens (including phenoxy) is 1. The predicted molar refractivity (Wildman–Crippen MR) is 74.3 cm³/mol. The van der Waals surface area contributed by atoms with E-state index < -0.39 is 10.2 Å². The van der Waals surface area contributed by atoms with E-state index in [0.29, 0.717) is 19.7 Å². The number of hydrogen-bond donors (Lipinski definition) is 3. The average Bonchev–Trinajstić information content (AvgIpc) is 2.29. The van der Waals surface area contributed by atoms with Gasteiger partial charge in [-0.3, -0.25) is 0 Å². The van der Waals surface area contributed by atoms with E-state index in [1.165, 1.54) is 0 Å². The standard InChI is InChI=1S/C10H23N3O3S.ClH/c1-3-12-17(14,15)13-8-10(9-16-2)4-6-11-7-5-10;/h11-13H,3-9H2,1-2H3;1H. The molecular formula is C10H24ClN3O3S. The minimum Gasteiger partial charge on any atom is -0.384 e. The highest BCUT2D eigenvalue weighted by molar-refractivity contribution is 7.87. The van der Waals surface area contributed by atoms with Crippen LogP contribution in [0.15, 0.2) is 0 Å². The summed E-state index contributed by atoms with van der Waals surface area (Å²) in [7, 11) is -1.71. The van der Waals surface area contributed by atoms with Crippen LogP contribution in [0.2, 0.25) is 0 Å². The van der Waals surface area contributed by atoms with Gasteiger partial charge in [-0.2, -0.15) is 8.42 Å². The van der Waals surface area contributed by atoms with Crippen LogP contribution in [0, 0.1) is 5.41 Å². The van der Waals surface area contributed by atoms with E-state index in [1.54, 1.807) is 14.0 Å². The first kappa shape index (κ1) is 18.1. The van der Waals surface area contributed by atoms with Crippen molar-refractivity contribution in [1.82, 2.24) is 14.8 Å². The van der Waals surface area contributed by atoms with E-state index in [-0.39, 0.29) is 17.8 Å². The van der Waals surface area contributed by atoms with Gasteiger partial charge in [0.05, 0.1) is 6.61 Å². The van der Waals surface area contributed by atoms with Gasteiger partial charge in [0, 0.05) is 25.6 Å². The number of hydrogen-bond acceptors (Lipinski definition) is 4. The minimum absolute atomic E-state index is 0. The second-order valence-corrected chi connectivity index (χ2v) is 6.09. The second kappa shape index (κ2) is 8.29. The summed E-state index contributed by atoms with van der Waals surface area (Å²) in [5.41, 5.74) is -0.0809. The highest BCUT2D eigenvalue weighted by Gasteiger charge is 2.33. The molecule has 0 spiro atoms. The van der Waals surface area contributed by atoms with E-state index in [2.05, 4.69) is 14.8 Å². The molecule has 1 fully saturated rings. The van der Waals surface area contributed by atoms with Gasteiger partial charge in [-0.1, -0.05) is 6.92 Å². The van der Waals surface area contributed by atoms with Crippen LogP contribution in [-0.2, 0) is 14.9 Å². The van der Waals surface area contributed by atoms with Gasteiger partial charge in [-0.15, -0.1) is 12.4 Å². The molecule has 0 atom stereocenters. The lowest BCUT2D eigenvalue weighted by atomic mass is 9.80. The molecule has 8 heteroatoms. The Morgan fingerprint density at radius 3 is 2.39 bits per heavy atom. The first-order chi connectivity index (χ1) is 8.04. The van der Waals surface area contributed by atoms with Crippen LogP contribution in [0.3, 0.4) is 0 Å². The Kier molecular flexibility index (Phi) is 8.33. The molecule has 3 N–H and O–H groups in total. The summed E-state index contributed by atoms with van der Waals surface area (Å²) in [6.45, 7) is 4.99. The van der Waals surface area contributed by atoms with Crippen molar-refractivity contribution in [3.8, 4) is 0 Å². The molecule has 0 aromatic carbocycles. The molecule has 0 bridgehead atoms. The fraction of sp³-hybridized carbons (Fsp3) is 1.00. The molecule has 1 aliphatic heterocycles. The first-order valence-corrected chi connectivity index (χ1v) is 7.46. The molecule has 0 saturated carbocycles. The summed E-state index contributed by atoms with van der Waals surface area (Å²) in [5.74, 6) is 0. The predicted octanol–water partition coefficient (Wildman–Crippen LogP) is -0.132. The zero-order valence-electron chi connectivity index (χ0n) is 11.0. The lowest BCUT2D eigenvalue weighted by Crippen LogP contribution is -2.49. The lowest BCUT2D eigenvalue weighted by molar-refractivity contribution is 0.0576. The Morgan fingerprint density at radius 1 is 1.28 bits per heavy atom. The summed E-state index contributed by atoms with van der Waals surface area (Å²) in [6.07, 6.45) is 1.85. The maximum Gasteiger partial charge on any atom is 0.276 e. The molecule has 1 saturated heterocycles. The fourth-order valence-corrected chi connectivity index (χ4v) is 3.10. The zero-order valence-corrected chi connectivity index (χ0v) is 12.6. The third kappa shape index (κ3) is 5.81. The fourth-order valence-electron chi connectivity index (χ4n) is 2.12. The maximum atomic E-state index is 11.5. The highest BCUT2D eigenvalue weighted by Crippen LogP contribution is 2.28. The SMILES string of the molecule is CCNS(=O)(=O)NCC1(COC)CCNCC1.Cl. The lowest BCUT2D eigenvalue weighted by Gasteiger charge is -2.37. The molecule has 110 valence electrons. The Hall–Kier alpha value is 0.0800. The van der Waals surface area contributed by atoms with Crippen LogP contribution in [0.25, 0.3) is 0 Å². The average molecular weight is 302 g/mol. The van der Waals surface area contributed by atoms with Gasteiger partial charge in [0.15, 0.2) is 0 Å². The number of halogens is 1. The van der Waals surface area contributed by atoms with E-state index in [4.69, 9.17) is 4.74 Å². The molecular weight excluding hydrogens is 278 g/mol. The molecule has 0 aliphatic carbocycles. The summed E-state index contributed by atoms with van der Waals surface area (Å²) < 4.78 is 33.3. The number of piperidine rings is 1. The van der Waals surface area contributed by atoms with Crippen LogP contribution in [-0.4, -0.2) is 48.3 Å². The smallest absolute Gasteiger partial charge is 0.276 e. The summed E-state index contributed by atoms with van der Waals surface area (Å²) in [4.78, 5) is 0. The molecule has 6 nitrogen and oxygen atoms in total. The molecule has 18 heavy (non-hydrogen) atoms. The van der Waals surface area contributed by atoms with Crippen molar-refractivity contribution in [2.75, 3.05) is 39.9 Å². The largest absolute Gasteiger partial charge is 0.384 e. The van der Waals surface area contributed by atoms with Crippen molar-refractivity contribution in [3.05, 3.63) is 0 Å². The van der Waals surface area contributed by atoms with Crippen LogP contribution in [0.5, 0.6) is 0 Å². The summed E-state index contributed by atoms with van der Waals surface area (Å²) in [5, 5.41) is 3.27. The Balaban J connectivity index is 0.00000289. The van der Waals surface area contributed by atoms with Gasteiger partial charge >= 0.3 is 0 Å².